The molecule has 0 saturated heterocycles. The van der Waals surface area contributed by atoms with E-state index in [0.717, 1.165) is 35.2 Å². The molecule has 0 aliphatic rings. The maximum atomic E-state index is 5.96. The minimum Gasteiger partial charge on any atom is -0.368 e. The van der Waals surface area contributed by atoms with Crippen molar-refractivity contribution in [2.75, 3.05) is 11.1 Å². The monoisotopic (exact) mass is 446 g/mol. The zero-order valence-corrected chi connectivity index (χ0v) is 19.2. The fourth-order valence-electron chi connectivity index (χ4n) is 3.44. The molecule has 9 heteroatoms. The van der Waals surface area contributed by atoms with E-state index in [-0.39, 0.29) is 5.95 Å². The normalized spacial score (nSPS) is 11.0. The van der Waals surface area contributed by atoms with Gasteiger partial charge in [0.25, 0.3) is 0 Å². The largest absolute Gasteiger partial charge is 0.368 e. The molecule has 2 aromatic heterocycles. The first-order valence-corrected chi connectivity index (χ1v) is 11.5. The van der Waals surface area contributed by atoms with Crippen LogP contribution in [-0.4, -0.2) is 29.7 Å². The van der Waals surface area contributed by atoms with Crippen molar-refractivity contribution in [3.8, 4) is 11.4 Å². The lowest BCUT2D eigenvalue weighted by molar-refractivity contribution is 0.687. The molecule has 0 aliphatic heterocycles. The number of thioether (sulfide) groups is 1. The highest BCUT2D eigenvalue weighted by atomic mass is 32.2. The van der Waals surface area contributed by atoms with Gasteiger partial charge in [0, 0.05) is 17.8 Å². The van der Waals surface area contributed by atoms with Gasteiger partial charge in [0.1, 0.15) is 5.82 Å². The number of aromatic nitrogens is 6. The molecule has 2 heterocycles. The summed E-state index contributed by atoms with van der Waals surface area (Å²) in [6.07, 6.45) is 0.905. The molecule has 0 bridgehead atoms. The van der Waals surface area contributed by atoms with Crippen LogP contribution in [0.15, 0.2) is 53.7 Å². The smallest absolute Gasteiger partial charge is 0.232 e. The van der Waals surface area contributed by atoms with Gasteiger partial charge >= 0.3 is 0 Å². The fraction of sp³-hybridized carbons (Fsp3) is 0.261. The van der Waals surface area contributed by atoms with Crippen molar-refractivity contribution < 1.29 is 0 Å². The molecule has 0 amide bonds. The van der Waals surface area contributed by atoms with Crippen LogP contribution < -0.4 is 11.1 Å². The van der Waals surface area contributed by atoms with E-state index in [1.165, 1.54) is 22.9 Å². The summed E-state index contributed by atoms with van der Waals surface area (Å²) in [6, 6.07) is 16.3. The Morgan fingerprint density at radius 3 is 2.62 bits per heavy atom. The number of hydrogen-bond donors (Lipinski definition) is 2. The number of nitrogen functional groups attached to an aromatic ring is 1. The van der Waals surface area contributed by atoms with E-state index in [0.29, 0.717) is 17.5 Å². The summed E-state index contributed by atoms with van der Waals surface area (Å²) in [5, 5.41) is 12.9. The third-order valence-electron chi connectivity index (χ3n) is 4.98. The van der Waals surface area contributed by atoms with Gasteiger partial charge in [-0.3, -0.25) is 0 Å². The summed E-state index contributed by atoms with van der Waals surface area (Å²) in [6.45, 7) is 7.03. The van der Waals surface area contributed by atoms with E-state index < -0.39 is 0 Å². The molecule has 2 aromatic carbocycles. The molecule has 0 atom stereocenters. The Hall–Kier alpha value is -3.46. The molecule has 32 heavy (non-hydrogen) atoms. The van der Waals surface area contributed by atoms with Crippen LogP contribution in [0.4, 0.5) is 17.6 Å². The van der Waals surface area contributed by atoms with E-state index in [1.807, 2.05) is 24.3 Å². The number of hydrogen-bond acceptors (Lipinski definition) is 8. The zero-order chi connectivity index (χ0) is 22.5. The number of aryl methyl sites for hydroxylation is 2. The van der Waals surface area contributed by atoms with Crippen molar-refractivity contribution in [3.63, 3.8) is 0 Å². The first-order chi connectivity index (χ1) is 15.6. The first kappa shape index (κ1) is 21.8. The van der Waals surface area contributed by atoms with Crippen LogP contribution in [0.1, 0.15) is 30.8 Å². The Labute approximate surface area is 191 Å². The van der Waals surface area contributed by atoms with Crippen LogP contribution in [0.25, 0.3) is 11.4 Å². The van der Waals surface area contributed by atoms with Crippen molar-refractivity contribution in [2.45, 2.75) is 44.6 Å². The topological polar surface area (TPSA) is 107 Å². The number of nitrogens with zero attached hydrogens (tertiary/aromatic N) is 6. The number of para-hydroxylation sites is 1. The Morgan fingerprint density at radius 1 is 1.00 bits per heavy atom. The molecular formula is C23H26N8S. The number of rotatable bonds is 8. The van der Waals surface area contributed by atoms with E-state index in [9.17, 15) is 0 Å². The van der Waals surface area contributed by atoms with Gasteiger partial charge < -0.3 is 15.6 Å². The predicted molar refractivity (Wildman–Crippen MR) is 129 cm³/mol. The molecule has 164 valence electrons. The number of benzene rings is 2. The lowest BCUT2D eigenvalue weighted by atomic mass is 10.1. The van der Waals surface area contributed by atoms with E-state index in [1.54, 1.807) is 0 Å². The Bertz CT molecular complexity index is 1220. The van der Waals surface area contributed by atoms with Gasteiger partial charge in [-0.05, 0) is 38.0 Å². The highest BCUT2D eigenvalue weighted by molar-refractivity contribution is 7.98. The average molecular weight is 447 g/mol. The van der Waals surface area contributed by atoms with Gasteiger partial charge in [0.15, 0.2) is 11.0 Å². The highest BCUT2D eigenvalue weighted by Crippen LogP contribution is 2.27. The first-order valence-electron chi connectivity index (χ1n) is 10.6. The highest BCUT2D eigenvalue weighted by Gasteiger charge is 2.15. The van der Waals surface area contributed by atoms with Crippen LogP contribution in [0.3, 0.4) is 0 Å². The molecule has 0 saturated carbocycles. The molecule has 4 rings (SSSR count). The predicted octanol–water partition coefficient (Wildman–Crippen LogP) is 4.64. The maximum absolute atomic E-state index is 5.96. The van der Waals surface area contributed by atoms with E-state index >= 15 is 0 Å². The lowest BCUT2D eigenvalue weighted by Gasteiger charge is -2.11. The lowest BCUT2D eigenvalue weighted by Crippen LogP contribution is -2.07. The number of nitrogens with one attached hydrogen (secondary N) is 1. The standard InChI is InChI=1S/C23H26N8S/c1-4-16-10-6-7-12-18(16)25-22-27-19(26-21(24)28-22)14-32-23-30-29-20(31(23)5-2)17-11-8-9-15(3)13-17/h6-13H,4-5,14H2,1-3H3,(H3,24,25,26,27,28). The molecule has 0 radical (unpaired) electrons. The molecule has 4 aromatic rings. The fourth-order valence-corrected chi connectivity index (χ4v) is 4.29. The summed E-state index contributed by atoms with van der Waals surface area (Å²) >= 11 is 1.53. The Morgan fingerprint density at radius 2 is 1.84 bits per heavy atom. The van der Waals surface area contributed by atoms with Gasteiger partial charge in [-0.2, -0.15) is 15.0 Å². The maximum Gasteiger partial charge on any atom is 0.232 e. The minimum absolute atomic E-state index is 0.185. The number of anilines is 3. The Balaban J connectivity index is 1.53. The summed E-state index contributed by atoms with van der Waals surface area (Å²) in [5.74, 6) is 2.56. The third kappa shape index (κ3) is 4.88. The van der Waals surface area contributed by atoms with Crippen molar-refractivity contribution in [1.29, 1.82) is 0 Å². The van der Waals surface area contributed by atoms with Crippen molar-refractivity contribution in [2.24, 2.45) is 0 Å². The third-order valence-corrected chi connectivity index (χ3v) is 5.95. The second-order valence-corrected chi connectivity index (χ2v) is 8.22. The van der Waals surface area contributed by atoms with Crippen molar-refractivity contribution in [3.05, 3.63) is 65.5 Å². The molecule has 3 N–H and O–H groups in total. The van der Waals surface area contributed by atoms with Crippen LogP contribution in [0, 0.1) is 6.92 Å². The van der Waals surface area contributed by atoms with E-state index in [4.69, 9.17) is 5.73 Å². The van der Waals surface area contributed by atoms with Gasteiger partial charge in [0.05, 0.1) is 5.75 Å². The summed E-state index contributed by atoms with van der Waals surface area (Å²) in [4.78, 5) is 13.1. The average Bonchev–Trinajstić information content (AvgIpc) is 3.21. The number of nitrogens with two attached hydrogens (primary N) is 1. The molecular weight excluding hydrogens is 420 g/mol. The van der Waals surface area contributed by atoms with Crippen molar-refractivity contribution >= 4 is 29.3 Å². The van der Waals surface area contributed by atoms with Crippen LogP contribution in [0.5, 0.6) is 0 Å². The molecule has 8 nitrogen and oxygen atoms in total. The summed E-state index contributed by atoms with van der Waals surface area (Å²) in [7, 11) is 0. The van der Waals surface area contributed by atoms with Crippen LogP contribution in [-0.2, 0) is 18.7 Å². The molecule has 0 unspecified atom stereocenters. The Kier molecular flexibility index (Phi) is 6.65. The molecule has 0 spiro atoms. The van der Waals surface area contributed by atoms with Crippen molar-refractivity contribution in [1.82, 2.24) is 29.7 Å². The van der Waals surface area contributed by atoms with Gasteiger partial charge in [-0.25, -0.2) is 0 Å². The molecule has 0 fully saturated rings. The van der Waals surface area contributed by atoms with Crippen LogP contribution in [0.2, 0.25) is 0 Å². The molecule has 0 aliphatic carbocycles. The second-order valence-electron chi connectivity index (χ2n) is 7.28. The van der Waals surface area contributed by atoms with Gasteiger partial charge in [0.2, 0.25) is 11.9 Å². The van der Waals surface area contributed by atoms with Gasteiger partial charge in [-0.1, -0.05) is 60.6 Å². The van der Waals surface area contributed by atoms with Crippen LogP contribution >= 0.6 is 11.8 Å². The zero-order valence-electron chi connectivity index (χ0n) is 18.4. The quantitative estimate of drug-likeness (QED) is 0.377. The van der Waals surface area contributed by atoms with E-state index in [2.05, 4.69) is 80.1 Å². The van der Waals surface area contributed by atoms with Gasteiger partial charge in [-0.15, -0.1) is 10.2 Å². The summed E-state index contributed by atoms with van der Waals surface area (Å²) in [5.41, 5.74) is 10.3. The SMILES string of the molecule is CCc1ccccc1Nc1nc(N)nc(CSc2nnc(-c3cccc(C)c3)n2CC)n1. The summed E-state index contributed by atoms with van der Waals surface area (Å²) < 4.78 is 2.10. The minimum atomic E-state index is 0.185. The second kappa shape index (κ2) is 9.78.